The van der Waals surface area contributed by atoms with Gasteiger partial charge in [0.15, 0.2) is 0 Å². The third-order valence-corrected chi connectivity index (χ3v) is 2.77. The number of hydrogen-bond donors (Lipinski definition) is 1. The van der Waals surface area contributed by atoms with Gasteiger partial charge in [0.1, 0.15) is 0 Å². The van der Waals surface area contributed by atoms with Gasteiger partial charge in [0, 0.05) is 4.47 Å². The largest absolute Gasteiger partial charge is 0.306 e. The summed E-state index contributed by atoms with van der Waals surface area (Å²) in [6.45, 7) is 0.741. The molecule has 0 spiro atoms. The lowest BCUT2D eigenvalue weighted by Crippen LogP contribution is -2.05. The molecule has 0 amide bonds. The van der Waals surface area contributed by atoms with Gasteiger partial charge >= 0.3 is 0 Å². The number of nitrogens with zero attached hydrogens (tertiary/aromatic N) is 1. The Morgan fingerprint density at radius 1 is 1.06 bits per heavy atom. The van der Waals surface area contributed by atoms with E-state index >= 15 is 0 Å². The zero-order valence-corrected chi connectivity index (χ0v) is 10.9. The van der Waals surface area contributed by atoms with Crippen LogP contribution in [0.2, 0.25) is 0 Å². The summed E-state index contributed by atoms with van der Waals surface area (Å²) < 4.78 is 1.06. The van der Waals surface area contributed by atoms with Gasteiger partial charge in [0.05, 0.1) is 12.8 Å². The summed E-state index contributed by atoms with van der Waals surface area (Å²) in [5, 5.41) is 4.18. The lowest BCUT2D eigenvalue weighted by Gasteiger charge is -2.00. The van der Waals surface area contributed by atoms with Gasteiger partial charge < -0.3 is 5.43 Å². The average molecular weight is 289 g/mol. The standard InChI is InChI=1S/C14H13BrN2/c15-14-8-4-7-13(9-14)11-17-16-10-12-5-2-1-3-6-12/h1-9,11,16H,10H2. The van der Waals surface area contributed by atoms with Crippen LogP contribution in [0.4, 0.5) is 0 Å². The molecule has 0 atom stereocenters. The molecule has 1 N–H and O–H groups in total. The average Bonchev–Trinajstić information content (AvgIpc) is 2.36. The minimum absolute atomic E-state index is 0.741. The van der Waals surface area contributed by atoms with Gasteiger partial charge in [-0.25, -0.2) is 0 Å². The van der Waals surface area contributed by atoms with E-state index in [9.17, 15) is 0 Å². The number of benzene rings is 2. The Morgan fingerprint density at radius 2 is 1.88 bits per heavy atom. The smallest absolute Gasteiger partial charge is 0.0580 e. The highest BCUT2D eigenvalue weighted by atomic mass is 79.9. The summed E-state index contributed by atoms with van der Waals surface area (Å²) in [5.74, 6) is 0. The summed E-state index contributed by atoms with van der Waals surface area (Å²) >= 11 is 3.43. The molecule has 0 saturated heterocycles. The molecule has 86 valence electrons. The monoisotopic (exact) mass is 288 g/mol. The molecule has 0 heterocycles. The maximum atomic E-state index is 4.18. The molecule has 2 nitrogen and oxygen atoms in total. The van der Waals surface area contributed by atoms with Crippen molar-refractivity contribution in [1.29, 1.82) is 0 Å². The van der Waals surface area contributed by atoms with Crippen molar-refractivity contribution in [2.75, 3.05) is 0 Å². The molecule has 0 fully saturated rings. The van der Waals surface area contributed by atoms with Crippen LogP contribution in [0.1, 0.15) is 11.1 Å². The number of hydrazone groups is 1. The predicted molar refractivity (Wildman–Crippen MR) is 75.0 cm³/mol. The van der Waals surface area contributed by atoms with Crippen molar-refractivity contribution in [3.05, 3.63) is 70.2 Å². The van der Waals surface area contributed by atoms with E-state index in [1.54, 1.807) is 0 Å². The fourth-order valence-corrected chi connectivity index (χ4v) is 1.86. The van der Waals surface area contributed by atoms with Crippen molar-refractivity contribution in [2.24, 2.45) is 5.10 Å². The van der Waals surface area contributed by atoms with Crippen molar-refractivity contribution >= 4 is 22.1 Å². The molecular weight excluding hydrogens is 276 g/mol. The van der Waals surface area contributed by atoms with E-state index in [0.29, 0.717) is 0 Å². The second kappa shape index (κ2) is 6.21. The van der Waals surface area contributed by atoms with E-state index in [1.807, 2.05) is 48.7 Å². The lowest BCUT2D eigenvalue weighted by atomic mass is 10.2. The molecule has 17 heavy (non-hydrogen) atoms. The molecule has 0 aliphatic carbocycles. The number of hydrogen-bond acceptors (Lipinski definition) is 2. The van der Waals surface area contributed by atoms with Crippen LogP contribution in [-0.2, 0) is 6.54 Å². The van der Waals surface area contributed by atoms with Crippen molar-refractivity contribution in [2.45, 2.75) is 6.54 Å². The Morgan fingerprint density at radius 3 is 2.65 bits per heavy atom. The van der Waals surface area contributed by atoms with Gasteiger partial charge in [-0.05, 0) is 23.3 Å². The maximum absolute atomic E-state index is 4.18. The zero-order chi connectivity index (χ0) is 11.9. The number of halogens is 1. The van der Waals surface area contributed by atoms with Gasteiger partial charge in [0.2, 0.25) is 0 Å². The minimum Gasteiger partial charge on any atom is -0.306 e. The van der Waals surface area contributed by atoms with Crippen LogP contribution in [0.3, 0.4) is 0 Å². The van der Waals surface area contributed by atoms with E-state index in [2.05, 4.69) is 38.6 Å². The minimum atomic E-state index is 0.741. The topological polar surface area (TPSA) is 24.4 Å². The van der Waals surface area contributed by atoms with E-state index in [4.69, 9.17) is 0 Å². The van der Waals surface area contributed by atoms with Crippen LogP contribution in [0.25, 0.3) is 0 Å². The normalized spacial score (nSPS) is 10.6. The van der Waals surface area contributed by atoms with E-state index in [1.165, 1.54) is 5.56 Å². The molecular formula is C14H13BrN2. The second-order valence-corrected chi connectivity index (χ2v) is 4.55. The van der Waals surface area contributed by atoms with Crippen LogP contribution < -0.4 is 5.43 Å². The van der Waals surface area contributed by atoms with Crippen LogP contribution >= 0.6 is 15.9 Å². The Labute approximate surface area is 110 Å². The molecule has 0 unspecified atom stereocenters. The quantitative estimate of drug-likeness (QED) is 0.675. The molecule has 0 bridgehead atoms. The first kappa shape index (κ1) is 11.9. The Balaban J connectivity index is 1.86. The molecule has 2 rings (SSSR count). The van der Waals surface area contributed by atoms with Crippen molar-refractivity contribution in [1.82, 2.24) is 5.43 Å². The predicted octanol–water partition coefficient (Wildman–Crippen LogP) is 3.57. The SMILES string of the molecule is Brc1cccc(C=NNCc2ccccc2)c1. The third-order valence-electron chi connectivity index (χ3n) is 2.28. The molecule has 0 radical (unpaired) electrons. The highest BCUT2D eigenvalue weighted by molar-refractivity contribution is 9.10. The van der Waals surface area contributed by atoms with Crippen LogP contribution in [0, 0.1) is 0 Å². The molecule has 0 aliphatic rings. The molecule has 2 aromatic carbocycles. The first-order chi connectivity index (χ1) is 8.34. The highest BCUT2D eigenvalue weighted by Gasteiger charge is 1.90. The zero-order valence-electron chi connectivity index (χ0n) is 9.31. The Bertz CT molecular complexity index is 495. The van der Waals surface area contributed by atoms with Crippen molar-refractivity contribution < 1.29 is 0 Å². The summed E-state index contributed by atoms with van der Waals surface area (Å²) in [7, 11) is 0. The molecule has 2 aromatic rings. The van der Waals surface area contributed by atoms with E-state index in [0.717, 1.165) is 16.6 Å². The molecule has 0 saturated carbocycles. The summed E-state index contributed by atoms with van der Waals surface area (Å²) in [4.78, 5) is 0. The van der Waals surface area contributed by atoms with Gasteiger partial charge in [-0.15, -0.1) is 0 Å². The van der Waals surface area contributed by atoms with Crippen LogP contribution in [0.5, 0.6) is 0 Å². The first-order valence-corrected chi connectivity index (χ1v) is 6.19. The summed E-state index contributed by atoms with van der Waals surface area (Å²) in [5.41, 5.74) is 5.31. The molecule has 0 aliphatic heterocycles. The van der Waals surface area contributed by atoms with Crippen LogP contribution in [0.15, 0.2) is 64.2 Å². The van der Waals surface area contributed by atoms with Gasteiger partial charge in [-0.3, -0.25) is 0 Å². The van der Waals surface area contributed by atoms with Gasteiger partial charge in [0.25, 0.3) is 0 Å². The number of nitrogens with one attached hydrogen (secondary N) is 1. The Hall–Kier alpha value is -1.61. The summed E-state index contributed by atoms with van der Waals surface area (Å²) in [6.07, 6.45) is 1.81. The summed E-state index contributed by atoms with van der Waals surface area (Å²) in [6, 6.07) is 18.2. The molecule has 3 heteroatoms. The first-order valence-electron chi connectivity index (χ1n) is 5.40. The Kier molecular flexibility index (Phi) is 4.33. The lowest BCUT2D eigenvalue weighted by molar-refractivity contribution is 0.748. The van der Waals surface area contributed by atoms with Crippen molar-refractivity contribution in [3.63, 3.8) is 0 Å². The fraction of sp³-hybridized carbons (Fsp3) is 0.0714. The van der Waals surface area contributed by atoms with E-state index < -0.39 is 0 Å². The highest BCUT2D eigenvalue weighted by Crippen LogP contribution is 2.09. The van der Waals surface area contributed by atoms with Gasteiger partial charge in [-0.1, -0.05) is 58.4 Å². The van der Waals surface area contributed by atoms with Gasteiger partial charge in [-0.2, -0.15) is 5.10 Å². The second-order valence-electron chi connectivity index (χ2n) is 3.63. The van der Waals surface area contributed by atoms with E-state index in [-0.39, 0.29) is 0 Å². The van der Waals surface area contributed by atoms with Crippen LogP contribution in [-0.4, -0.2) is 6.21 Å². The third kappa shape index (κ3) is 4.04. The number of rotatable bonds is 4. The molecule has 0 aromatic heterocycles. The fourth-order valence-electron chi connectivity index (χ4n) is 1.44. The maximum Gasteiger partial charge on any atom is 0.0580 e. The van der Waals surface area contributed by atoms with Crippen molar-refractivity contribution in [3.8, 4) is 0 Å².